The number of anilines is 1. The normalized spacial score (nSPS) is 17.0. The van der Waals surface area contributed by atoms with Gasteiger partial charge in [-0.05, 0) is 36.2 Å². The lowest BCUT2D eigenvalue weighted by molar-refractivity contribution is 0.123. The van der Waals surface area contributed by atoms with E-state index >= 15 is 0 Å². The first kappa shape index (κ1) is 15.5. The standard InChI is InChI=1S/C18H25N3S/c1-2-17-6-7-18(22-17)14-21-10-8-20(9-11-21)13-15-4-3-5-16(19)12-15/h3-7,12H,2,8-11,13-14,19H2,1H3. The number of nitrogen functional groups attached to an aromatic ring is 1. The molecule has 3 rings (SSSR count). The van der Waals surface area contributed by atoms with Crippen molar-refractivity contribution < 1.29 is 0 Å². The summed E-state index contributed by atoms with van der Waals surface area (Å²) >= 11 is 1.96. The van der Waals surface area contributed by atoms with Gasteiger partial charge in [-0.25, -0.2) is 0 Å². The first-order valence-electron chi connectivity index (χ1n) is 8.09. The summed E-state index contributed by atoms with van der Waals surface area (Å²) in [4.78, 5) is 8.09. The van der Waals surface area contributed by atoms with Crippen LogP contribution in [0.5, 0.6) is 0 Å². The lowest BCUT2D eigenvalue weighted by atomic mass is 10.2. The summed E-state index contributed by atoms with van der Waals surface area (Å²) < 4.78 is 0. The second kappa shape index (κ2) is 7.27. The van der Waals surface area contributed by atoms with Crippen molar-refractivity contribution in [1.29, 1.82) is 0 Å². The Bertz CT molecular complexity index is 600. The molecule has 3 nitrogen and oxygen atoms in total. The third-order valence-corrected chi connectivity index (χ3v) is 5.48. The Labute approximate surface area is 137 Å². The number of nitrogens with two attached hydrogens (primary N) is 1. The molecule has 118 valence electrons. The summed E-state index contributed by atoms with van der Waals surface area (Å²) in [6, 6.07) is 12.8. The molecule has 2 N–H and O–H groups in total. The van der Waals surface area contributed by atoms with Crippen LogP contribution in [0.4, 0.5) is 5.69 Å². The molecule has 0 atom stereocenters. The Kier molecular flexibility index (Phi) is 5.13. The number of nitrogens with zero attached hydrogens (tertiary/aromatic N) is 2. The van der Waals surface area contributed by atoms with E-state index in [2.05, 4.69) is 41.0 Å². The van der Waals surface area contributed by atoms with Crippen LogP contribution in [0.1, 0.15) is 22.2 Å². The molecule has 22 heavy (non-hydrogen) atoms. The molecule has 2 aromatic rings. The van der Waals surface area contributed by atoms with Crippen LogP contribution in [-0.2, 0) is 19.5 Å². The molecule has 0 spiro atoms. The summed E-state index contributed by atoms with van der Waals surface area (Å²) in [5, 5.41) is 0. The summed E-state index contributed by atoms with van der Waals surface area (Å²) in [6.07, 6.45) is 1.15. The lowest BCUT2D eigenvalue weighted by Crippen LogP contribution is -2.45. The molecule has 1 fully saturated rings. The Morgan fingerprint density at radius 3 is 2.27 bits per heavy atom. The van der Waals surface area contributed by atoms with Gasteiger partial charge in [0, 0.05) is 54.7 Å². The van der Waals surface area contributed by atoms with Crippen molar-refractivity contribution in [1.82, 2.24) is 9.80 Å². The number of piperazine rings is 1. The Balaban J connectivity index is 1.47. The Hall–Kier alpha value is -1.36. The minimum atomic E-state index is 0.862. The van der Waals surface area contributed by atoms with Gasteiger partial charge in [0.2, 0.25) is 0 Å². The van der Waals surface area contributed by atoms with E-state index in [-0.39, 0.29) is 0 Å². The molecule has 1 aromatic heterocycles. The molecular weight excluding hydrogens is 290 g/mol. The number of rotatable bonds is 5. The van der Waals surface area contributed by atoms with Crippen LogP contribution in [0.25, 0.3) is 0 Å². The van der Waals surface area contributed by atoms with Gasteiger partial charge in [0.05, 0.1) is 0 Å². The van der Waals surface area contributed by atoms with E-state index in [1.807, 2.05) is 23.5 Å². The topological polar surface area (TPSA) is 32.5 Å². The first-order valence-corrected chi connectivity index (χ1v) is 8.91. The zero-order chi connectivity index (χ0) is 15.4. The molecule has 1 saturated heterocycles. The molecule has 0 radical (unpaired) electrons. The fourth-order valence-corrected chi connectivity index (χ4v) is 3.97. The summed E-state index contributed by atoms with van der Waals surface area (Å²) in [5.41, 5.74) is 8.04. The molecule has 0 amide bonds. The Morgan fingerprint density at radius 2 is 1.64 bits per heavy atom. The number of hydrogen-bond donors (Lipinski definition) is 1. The number of benzene rings is 1. The first-order chi connectivity index (χ1) is 10.7. The van der Waals surface area contributed by atoms with Crippen LogP contribution in [0.3, 0.4) is 0 Å². The minimum Gasteiger partial charge on any atom is -0.399 e. The van der Waals surface area contributed by atoms with Gasteiger partial charge in [0.15, 0.2) is 0 Å². The molecular formula is C18H25N3S. The van der Waals surface area contributed by atoms with E-state index in [1.54, 1.807) is 0 Å². The molecule has 4 heteroatoms. The van der Waals surface area contributed by atoms with Crippen molar-refractivity contribution in [3.05, 3.63) is 51.7 Å². The number of thiophene rings is 1. The summed E-state index contributed by atoms with van der Waals surface area (Å²) in [7, 11) is 0. The summed E-state index contributed by atoms with van der Waals surface area (Å²) in [6.45, 7) is 8.93. The van der Waals surface area contributed by atoms with Crippen LogP contribution in [0, 0.1) is 0 Å². The van der Waals surface area contributed by atoms with Crippen LogP contribution in [0.2, 0.25) is 0 Å². The molecule has 0 aliphatic carbocycles. The van der Waals surface area contributed by atoms with Crippen LogP contribution in [0.15, 0.2) is 36.4 Å². The fourth-order valence-electron chi connectivity index (χ4n) is 2.97. The van der Waals surface area contributed by atoms with Crippen molar-refractivity contribution in [2.45, 2.75) is 26.4 Å². The molecule has 0 bridgehead atoms. The van der Waals surface area contributed by atoms with E-state index in [9.17, 15) is 0 Å². The van der Waals surface area contributed by atoms with Gasteiger partial charge in [0.25, 0.3) is 0 Å². The van der Waals surface area contributed by atoms with Gasteiger partial charge < -0.3 is 5.73 Å². The van der Waals surface area contributed by atoms with Crippen molar-refractivity contribution in [3.63, 3.8) is 0 Å². The van der Waals surface area contributed by atoms with Gasteiger partial charge in [-0.15, -0.1) is 11.3 Å². The zero-order valence-electron chi connectivity index (χ0n) is 13.3. The van der Waals surface area contributed by atoms with E-state index in [0.29, 0.717) is 0 Å². The minimum absolute atomic E-state index is 0.862. The second-order valence-electron chi connectivity index (χ2n) is 6.02. The van der Waals surface area contributed by atoms with Crippen LogP contribution >= 0.6 is 11.3 Å². The SMILES string of the molecule is CCc1ccc(CN2CCN(Cc3cccc(N)c3)CC2)s1. The third-order valence-electron chi connectivity index (χ3n) is 4.27. The highest BCUT2D eigenvalue weighted by atomic mass is 32.1. The fraction of sp³-hybridized carbons (Fsp3) is 0.444. The highest BCUT2D eigenvalue weighted by molar-refractivity contribution is 7.11. The van der Waals surface area contributed by atoms with Crippen LogP contribution < -0.4 is 5.73 Å². The lowest BCUT2D eigenvalue weighted by Gasteiger charge is -2.34. The summed E-state index contributed by atoms with van der Waals surface area (Å²) in [5.74, 6) is 0. The maximum absolute atomic E-state index is 5.86. The number of aryl methyl sites for hydroxylation is 1. The van der Waals surface area contributed by atoms with Gasteiger partial charge in [-0.2, -0.15) is 0 Å². The average Bonchev–Trinajstić information content (AvgIpc) is 2.97. The van der Waals surface area contributed by atoms with E-state index in [4.69, 9.17) is 5.73 Å². The zero-order valence-corrected chi connectivity index (χ0v) is 14.1. The largest absolute Gasteiger partial charge is 0.399 e. The van der Waals surface area contributed by atoms with Gasteiger partial charge >= 0.3 is 0 Å². The molecule has 0 unspecified atom stereocenters. The van der Waals surface area contributed by atoms with Crippen molar-refractivity contribution in [2.24, 2.45) is 0 Å². The van der Waals surface area contributed by atoms with E-state index < -0.39 is 0 Å². The molecule has 2 heterocycles. The van der Waals surface area contributed by atoms with E-state index in [0.717, 1.165) is 51.4 Å². The van der Waals surface area contributed by atoms with Crippen molar-refractivity contribution >= 4 is 17.0 Å². The molecule has 1 aliphatic rings. The van der Waals surface area contributed by atoms with Crippen molar-refractivity contribution in [2.75, 3.05) is 31.9 Å². The maximum atomic E-state index is 5.86. The smallest absolute Gasteiger partial charge is 0.0329 e. The van der Waals surface area contributed by atoms with E-state index in [1.165, 1.54) is 15.3 Å². The highest BCUT2D eigenvalue weighted by Gasteiger charge is 2.17. The third kappa shape index (κ3) is 4.09. The Morgan fingerprint density at radius 1 is 0.955 bits per heavy atom. The van der Waals surface area contributed by atoms with Crippen LogP contribution in [-0.4, -0.2) is 36.0 Å². The van der Waals surface area contributed by atoms with Crippen molar-refractivity contribution in [3.8, 4) is 0 Å². The molecule has 1 aliphatic heterocycles. The highest BCUT2D eigenvalue weighted by Crippen LogP contribution is 2.20. The quantitative estimate of drug-likeness (QED) is 0.860. The predicted octanol–water partition coefficient (Wildman–Crippen LogP) is 3.21. The predicted molar refractivity (Wildman–Crippen MR) is 95.1 cm³/mol. The second-order valence-corrected chi connectivity index (χ2v) is 7.27. The average molecular weight is 315 g/mol. The monoisotopic (exact) mass is 315 g/mol. The van der Waals surface area contributed by atoms with Gasteiger partial charge in [-0.1, -0.05) is 19.1 Å². The molecule has 1 aromatic carbocycles. The maximum Gasteiger partial charge on any atom is 0.0329 e. The molecule has 0 saturated carbocycles. The van der Waals surface area contributed by atoms with Gasteiger partial charge in [-0.3, -0.25) is 9.80 Å². The van der Waals surface area contributed by atoms with Gasteiger partial charge in [0.1, 0.15) is 0 Å². The number of hydrogen-bond acceptors (Lipinski definition) is 4.